The molecule has 0 aliphatic heterocycles. The lowest BCUT2D eigenvalue weighted by molar-refractivity contribution is 0.0695. The van der Waals surface area contributed by atoms with Crippen LogP contribution in [0, 0.1) is 5.92 Å². The van der Waals surface area contributed by atoms with E-state index >= 15 is 0 Å². The second-order valence-corrected chi connectivity index (χ2v) is 5.64. The molecule has 2 atom stereocenters. The highest BCUT2D eigenvalue weighted by Crippen LogP contribution is 2.43. The predicted molar refractivity (Wildman–Crippen MR) is 72.4 cm³/mol. The van der Waals surface area contributed by atoms with E-state index in [1.54, 1.807) is 0 Å². The third kappa shape index (κ3) is 1.72. The van der Waals surface area contributed by atoms with Crippen LogP contribution in [0.3, 0.4) is 0 Å². The molecule has 17 heavy (non-hydrogen) atoms. The van der Waals surface area contributed by atoms with Gasteiger partial charge in [0, 0.05) is 12.0 Å². The van der Waals surface area contributed by atoms with Crippen LogP contribution in [0.5, 0.6) is 0 Å². The summed E-state index contributed by atoms with van der Waals surface area (Å²) in [5.41, 5.74) is 4.25. The number of fused-ring (bicyclic) bond motifs is 1. The maximum Gasteiger partial charge on any atom is 0.0852 e. The van der Waals surface area contributed by atoms with E-state index < -0.39 is 0 Å². The molecule has 0 fully saturated rings. The average Bonchev–Trinajstić information content (AvgIpc) is 2.94. The highest BCUT2D eigenvalue weighted by Gasteiger charge is 2.31. The van der Waals surface area contributed by atoms with Crippen molar-refractivity contribution in [2.75, 3.05) is 7.11 Å². The Hall–Kier alpha value is -1.12. The third-order valence-corrected chi connectivity index (χ3v) is 4.51. The van der Waals surface area contributed by atoms with E-state index in [9.17, 15) is 0 Å². The van der Waals surface area contributed by atoms with Gasteiger partial charge in [0.1, 0.15) is 0 Å². The van der Waals surface area contributed by atoms with Crippen molar-refractivity contribution in [1.29, 1.82) is 0 Å². The van der Waals surface area contributed by atoms with E-state index in [0.29, 0.717) is 5.92 Å². The van der Waals surface area contributed by atoms with Gasteiger partial charge in [-0.15, -0.1) is 11.3 Å². The van der Waals surface area contributed by atoms with Gasteiger partial charge in [0.05, 0.1) is 6.10 Å². The SMILES string of the molecule is COC1c2cccc(-c3cccs3)c2CC1C. The van der Waals surface area contributed by atoms with Gasteiger partial charge < -0.3 is 4.74 Å². The molecule has 0 spiro atoms. The topological polar surface area (TPSA) is 9.23 Å². The van der Waals surface area contributed by atoms with Crippen LogP contribution in [-0.4, -0.2) is 7.11 Å². The molecule has 0 amide bonds. The fourth-order valence-corrected chi connectivity index (χ4v) is 3.64. The summed E-state index contributed by atoms with van der Waals surface area (Å²) in [5.74, 6) is 0.580. The normalized spacial score (nSPS) is 22.7. The predicted octanol–water partition coefficient (Wildman–Crippen LogP) is 4.29. The Bertz CT molecular complexity index is 516. The fraction of sp³-hybridized carbons (Fsp3) is 0.333. The molecule has 1 heterocycles. The molecule has 88 valence electrons. The number of hydrogen-bond acceptors (Lipinski definition) is 2. The van der Waals surface area contributed by atoms with Crippen molar-refractivity contribution in [3.63, 3.8) is 0 Å². The van der Waals surface area contributed by atoms with Gasteiger partial charge in [-0.2, -0.15) is 0 Å². The first-order chi connectivity index (χ1) is 8.31. The molecule has 2 heteroatoms. The Morgan fingerprint density at radius 2 is 2.12 bits per heavy atom. The lowest BCUT2D eigenvalue weighted by atomic mass is 10.0. The van der Waals surface area contributed by atoms with Crippen LogP contribution in [0.1, 0.15) is 24.2 Å². The fourth-order valence-electron chi connectivity index (χ4n) is 2.86. The Labute approximate surface area is 106 Å². The first-order valence-electron chi connectivity index (χ1n) is 5.99. The Balaban J connectivity index is 2.13. The molecule has 1 nitrogen and oxygen atoms in total. The van der Waals surface area contributed by atoms with Crippen molar-refractivity contribution >= 4 is 11.3 Å². The third-order valence-electron chi connectivity index (χ3n) is 3.60. The number of hydrogen-bond donors (Lipinski definition) is 0. The van der Waals surface area contributed by atoms with Crippen LogP contribution in [0.25, 0.3) is 10.4 Å². The summed E-state index contributed by atoms with van der Waals surface area (Å²) < 4.78 is 5.63. The molecule has 1 aliphatic rings. The Morgan fingerprint density at radius 3 is 2.82 bits per heavy atom. The molecule has 0 N–H and O–H groups in total. The molecule has 1 aromatic carbocycles. The van der Waals surface area contributed by atoms with Crippen molar-refractivity contribution < 1.29 is 4.74 Å². The highest BCUT2D eigenvalue weighted by molar-refractivity contribution is 7.13. The Morgan fingerprint density at radius 1 is 1.24 bits per heavy atom. The minimum atomic E-state index is 0.268. The van der Waals surface area contributed by atoms with Gasteiger partial charge >= 0.3 is 0 Å². The van der Waals surface area contributed by atoms with Crippen LogP contribution in [0.15, 0.2) is 35.7 Å². The first kappa shape index (κ1) is 11.0. The van der Waals surface area contributed by atoms with E-state index in [-0.39, 0.29) is 6.10 Å². The number of ether oxygens (including phenoxy) is 1. The van der Waals surface area contributed by atoms with Gasteiger partial charge in [-0.25, -0.2) is 0 Å². The Kier molecular flexibility index (Phi) is 2.77. The largest absolute Gasteiger partial charge is 0.376 e. The van der Waals surface area contributed by atoms with Crippen molar-refractivity contribution in [3.8, 4) is 10.4 Å². The van der Waals surface area contributed by atoms with Gasteiger partial charge in [-0.3, -0.25) is 0 Å². The molecule has 0 radical (unpaired) electrons. The van der Waals surface area contributed by atoms with Crippen molar-refractivity contribution in [2.45, 2.75) is 19.4 Å². The van der Waals surface area contributed by atoms with Gasteiger partial charge in [0.25, 0.3) is 0 Å². The van der Waals surface area contributed by atoms with Crippen molar-refractivity contribution in [2.24, 2.45) is 5.92 Å². The summed E-state index contributed by atoms with van der Waals surface area (Å²) in [6, 6.07) is 10.9. The van der Waals surface area contributed by atoms with Crippen LogP contribution < -0.4 is 0 Å². The summed E-state index contributed by atoms with van der Waals surface area (Å²) in [4.78, 5) is 1.37. The second kappa shape index (κ2) is 4.28. The molecule has 0 saturated carbocycles. The van der Waals surface area contributed by atoms with Crippen LogP contribution in [-0.2, 0) is 11.2 Å². The molecule has 0 saturated heterocycles. The molecule has 1 aliphatic carbocycles. The van der Waals surface area contributed by atoms with Crippen LogP contribution in [0.4, 0.5) is 0 Å². The molecule has 1 aromatic heterocycles. The van der Waals surface area contributed by atoms with Crippen molar-refractivity contribution in [3.05, 3.63) is 46.8 Å². The van der Waals surface area contributed by atoms with Gasteiger partial charge in [-0.1, -0.05) is 31.2 Å². The first-order valence-corrected chi connectivity index (χ1v) is 6.87. The lowest BCUT2D eigenvalue weighted by Gasteiger charge is -2.14. The zero-order valence-corrected chi connectivity index (χ0v) is 11.0. The smallest absolute Gasteiger partial charge is 0.0852 e. The standard InChI is InChI=1S/C15H16OS/c1-10-9-13-11(14-7-4-8-17-14)5-3-6-12(13)15(10)16-2/h3-8,10,15H,9H2,1-2H3. The zero-order valence-electron chi connectivity index (χ0n) is 10.1. The maximum atomic E-state index is 5.63. The molecule has 0 bridgehead atoms. The molecular weight excluding hydrogens is 228 g/mol. The number of methoxy groups -OCH3 is 1. The van der Waals surface area contributed by atoms with Gasteiger partial charge in [-0.05, 0) is 40.5 Å². The minimum Gasteiger partial charge on any atom is -0.376 e. The molecule has 2 aromatic rings. The van der Waals surface area contributed by atoms with E-state index in [4.69, 9.17) is 4.74 Å². The maximum absolute atomic E-state index is 5.63. The summed E-state index contributed by atoms with van der Waals surface area (Å²) >= 11 is 1.81. The van der Waals surface area contributed by atoms with E-state index in [1.807, 2.05) is 18.4 Å². The van der Waals surface area contributed by atoms with E-state index in [1.165, 1.54) is 21.6 Å². The second-order valence-electron chi connectivity index (χ2n) is 4.69. The zero-order chi connectivity index (χ0) is 11.8. The summed E-state index contributed by atoms with van der Waals surface area (Å²) in [6.45, 7) is 2.27. The number of rotatable bonds is 2. The summed E-state index contributed by atoms with van der Waals surface area (Å²) in [7, 11) is 1.81. The van der Waals surface area contributed by atoms with E-state index in [0.717, 1.165) is 6.42 Å². The monoisotopic (exact) mass is 244 g/mol. The van der Waals surface area contributed by atoms with Crippen molar-refractivity contribution in [1.82, 2.24) is 0 Å². The highest BCUT2D eigenvalue weighted by atomic mass is 32.1. The van der Waals surface area contributed by atoms with Crippen LogP contribution >= 0.6 is 11.3 Å². The summed E-state index contributed by atoms with van der Waals surface area (Å²) in [5, 5.41) is 2.14. The van der Waals surface area contributed by atoms with E-state index in [2.05, 4.69) is 42.6 Å². The quantitative estimate of drug-likeness (QED) is 0.765. The average molecular weight is 244 g/mol. The molecule has 2 unspecified atom stereocenters. The summed E-state index contributed by atoms with van der Waals surface area (Å²) in [6.07, 6.45) is 1.40. The van der Waals surface area contributed by atoms with Gasteiger partial charge in [0.15, 0.2) is 0 Å². The molecule has 3 rings (SSSR count). The number of thiophene rings is 1. The molecular formula is C15H16OS. The van der Waals surface area contributed by atoms with Gasteiger partial charge in [0.2, 0.25) is 0 Å². The lowest BCUT2D eigenvalue weighted by Crippen LogP contribution is -2.04. The number of benzene rings is 1. The minimum absolute atomic E-state index is 0.268. The van der Waals surface area contributed by atoms with Crippen LogP contribution in [0.2, 0.25) is 0 Å².